The highest BCUT2D eigenvalue weighted by Gasteiger charge is 2.39. The molecule has 0 spiro atoms. The first kappa shape index (κ1) is 20.1. The van der Waals surface area contributed by atoms with Crippen LogP contribution in [0, 0.1) is 0 Å². The zero-order chi connectivity index (χ0) is 22.4. The van der Waals surface area contributed by atoms with Gasteiger partial charge in [-0.3, -0.25) is 9.59 Å². The summed E-state index contributed by atoms with van der Waals surface area (Å²) in [7, 11) is 3.22. The quantitative estimate of drug-likeness (QED) is 0.619. The van der Waals surface area contributed by atoms with E-state index in [1.807, 2.05) is 18.2 Å². The van der Waals surface area contributed by atoms with Crippen LogP contribution in [0.3, 0.4) is 0 Å². The first-order valence-corrected chi connectivity index (χ1v) is 10.6. The fourth-order valence-electron chi connectivity index (χ4n) is 4.76. The van der Waals surface area contributed by atoms with Gasteiger partial charge in [0.2, 0.25) is 0 Å². The second-order valence-electron chi connectivity index (χ2n) is 8.17. The second-order valence-corrected chi connectivity index (χ2v) is 8.17. The number of anilines is 1. The van der Waals surface area contributed by atoms with Crippen LogP contribution < -0.4 is 14.4 Å². The van der Waals surface area contributed by atoms with Crippen LogP contribution in [0.1, 0.15) is 49.7 Å². The normalized spacial score (nSPS) is 17.2. The summed E-state index contributed by atoms with van der Waals surface area (Å²) in [4.78, 5) is 27.6. The zero-order valence-electron chi connectivity index (χ0n) is 17.9. The van der Waals surface area contributed by atoms with Gasteiger partial charge in [-0.25, -0.2) is 4.90 Å². The van der Waals surface area contributed by atoms with Crippen LogP contribution in [0.4, 0.5) is 5.69 Å². The van der Waals surface area contributed by atoms with Crippen molar-refractivity contribution in [3.63, 3.8) is 0 Å². The minimum absolute atomic E-state index is 0.0445. The number of fused-ring (bicyclic) bond motifs is 2. The Labute approximate surface area is 186 Å². The highest BCUT2D eigenvalue weighted by Crippen LogP contribution is 2.42. The number of benzene rings is 3. The smallest absolute Gasteiger partial charge is 0.266 e. The van der Waals surface area contributed by atoms with Crippen LogP contribution in [0.5, 0.6) is 17.2 Å². The zero-order valence-corrected chi connectivity index (χ0v) is 17.9. The lowest BCUT2D eigenvalue weighted by Gasteiger charge is -2.29. The third kappa shape index (κ3) is 3.19. The number of phenols is 1. The summed E-state index contributed by atoms with van der Waals surface area (Å²) in [6.07, 6.45) is 2.59. The molecule has 3 aromatic rings. The average molecular weight is 429 g/mol. The Morgan fingerprint density at radius 3 is 2.34 bits per heavy atom. The van der Waals surface area contributed by atoms with Gasteiger partial charge in [0, 0.05) is 6.07 Å². The van der Waals surface area contributed by atoms with E-state index in [9.17, 15) is 14.7 Å². The molecule has 1 N–H and O–H groups in total. The standard InChI is InChI=1S/C26H23NO5/c1-31-19-7-5-15-11-17(4-3-16(15)12-19)21-10-8-20(32-2)14-24(21)27-25(29)22-9-6-18(28)13-23(22)26(27)30/h5-10,12-14,17,28H,3-4,11H2,1-2H3. The van der Waals surface area contributed by atoms with Crippen molar-refractivity contribution >= 4 is 17.5 Å². The molecule has 1 aliphatic carbocycles. The summed E-state index contributed by atoms with van der Waals surface area (Å²) in [5.41, 5.74) is 4.50. The van der Waals surface area contributed by atoms with E-state index < -0.39 is 5.91 Å². The minimum Gasteiger partial charge on any atom is -0.508 e. The molecule has 0 radical (unpaired) electrons. The fourth-order valence-corrected chi connectivity index (χ4v) is 4.76. The number of aryl methyl sites for hydroxylation is 1. The van der Waals surface area contributed by atoms with E-state index in [0.29, 0.717) is 17.0 Å². The highest BCUT2D eigenvalue weighted by molar-refractivity contribution is 6.34. The van der Waals surface area contributed by atoms with Crippen molar-refractivity contribution in [2.45, 2.75) is 25.2 Å². The Balaban J connectivity index is 1.56. The summed E-state index contributed by atoms with van der Waals surface area (Å²) in [5, 5.41) is 9.82. The Morgan fingerprint density at radius 1 is 0.844 bits per heavy atom. The maximum absolute atomic E-state index is 13.2. The predicted octanol–water partition coefficient (Wildman–Crippen LogP) is 4.48. The van der Waals surface area contributed by atoms with E-state index in [1.54, 1.807) is 20.3 Å². The maximum atomic E-state index is 13.2. The second kappa shape index (κ2) is 7.71. The lowest BCUT2D eigenvalue weighted by molar-refractivity contribution is 0.0925. The third-order valence-corrected chi connectivity index (χ3v) is 6.43. The molecule has 1 unspecified atom stereocenters. The van der Waals surface area contributed by atoms with Crippen LogP contribution in [-0.2, 0) is 12.8 Å². The molecule has 162 valence electrons. The molecule has 0 bridgehead atoms. The van der Waals surface area contributed by atoms with Crippen LogP contribution >= 0.6 is 0 Å². The molecule has 32 heavy (non-hydrogen) atoms. The molecule has 6 heteroatoms. The van der Waals surface area contributed by atoms with Crippen molar-refractivity contribution in [1.29, 1.82) is 0 Å². The van der Waals surface area contributed by atoms with E-state index >= 15 is 0 Å². The molecule has 0 saturated carbocycles. The fraction of sp³-hybridized carbons (Fsp3) is 0.231. The Hall–Kier alpha value is -3.80. The number of rotatable bonds is 4. The molecule has 0 fully saturated rings. The molecule has 2 aliphatic rings. The van der Waals surface area contributed by atoms with Gasteiger partial charge in [-0.05, 0) is 78.3 Å². The van der Waals surface area contributed by atoms with Gasteiger partial charge in [0.1, 0.15) is 17.2 Å². The molecule has 6 nitrogen and oxygen atoms in total. The van der Waals surface area contributed by atoms with E-state index in [0.717, 1.165) is 30.6 Å². The van der Waals surface area contributed by atoms with Crippen molar-refractivity contribution < 1.29 is 24.2 Å². The average Bonchev–Trinajstić information content (AvgIpc) is 3.07. The number of ether oxygens (including phenoxy) is 2. The maximum Gasteiger partial charge on any atom is 0.266 e. The topological polar surface area (TPSA) is 76.1 Å². The van der Waals surface area contributed by atoms with E-state index in [4.69, 9.17) is 9.47 Å². The minimum atomic E-state index is -0.434. The summed E-state index contributed by atoms with van der Waals surface area (Å²) in [5.74, 6) is 0.703. The molecule has 2 amide bonds. The van der Waals surface area contributed by atoms with Gasteiger partial charge in [-0.2, -0.15) is 0 Å². The molecule has 1 atom stereocenters. The molecular formula is C26H23NO5. The van der Waals surface area contributed by atoms with Crippen LogP contribution in [0.25, 0.3) is 0 Å². The Morgan fingerprint density at radius 2 is 1.56 bits per heavy atom. The number of hydrogen-bond acceptors (Lipinski definition) is 5. The van der Waals surface area contributed by atoms with Crippen molar-refractivity contribution in [3.8, 4) is 17.2 Å². The van der Waals surface area contributed by atoms with Gasteiger partial charge in [-0.1, -0.05) is 12.1 Å². The SMILES string of the molecule is COc1ccc2c(c1)CCC(c1ccc(OC)cc1N1C(=O)c3ccc(O)cc3C1=O)C2. The summed E-state index contributed by atoms with van der Waals surface area (Å²) in [6.45, 7) is 0. The van der Waals surface area contributed by atoms with Crippen molar-refractivity contribution in [2.75, 3.05) is 19.1 Å². The number of hydrogen-bond donors (Lipinski definition) is 1. The molecular weight excluding hydrogens is 406 g/mol. The monoisotopic (exact) mass is 429 g/mol. The number of carbonyl (C=O) groups excluding carboxylic acids is 2. The lowest BCUT2D eigenvalue weighted by atomic mass is 9.79. The number of nitrogens with zero attached hydrogens (tertiary/aromatic N) is 1. The summed E-state index contributed by atoms with van der Waals surface area (Å²) in [6, 6.07) is 16.0. The molecule has 5 rings (SSSR count). The summed E-state index contributed by atoms with van der Waals surface area (Å²) >= 11 is 0. The van der Waals surface area contributed by atoms with Gasteiger partial charge in [0.05, 0.1) is 31.0 Å². The van der Waals surface area contributed by atoms with Gasteiger partial charge < -0.3 is 14.6 Å². The van der Waals surface area contributed by atoms with E-state index in [1.165, 1.54) is 34.2 Å². The summed E-state index contributed by atoms with van der Waals surface area (Å²) < 4.78 is 10.8. The predicted molar refractivity (Wildman–Crippen MR) is 120 cm³/mol. The van der Waals surface area contributed by atoms with Gasteiger partial charge >= 0.3 is 0 Å². The van der Waals surface area contributed by atoms with Crippen molar-refractivity contribution in [3.05, 3.63) is 82.4 Å². The first-order chi connectivity index (χ1) is 15.5. The first-order valence-electron chi connectivity index (χ1n) is 10.6. The largest absolute Gasteiger partial charge is 0.508 e. The molecule has 3 aromatic carbocycles. The third-order valence-electron chi connectivity index (χ3n) is 6.43. The van der Waals surface area contributed by atoms with Crippen LogP contribution in [0.2, 0.25) is 0 Å². The van der Waals surface area contributed by atoms with E-state index in [-0.39, 0.29) is 23.1 Å². The van der Waals surface area contributed by atoms with E-state index in [2.05, 4.69) is 12.1 Å². The van der Waals surface area contributed by atoms with Gasteiger partial charge in [-0.15, -0.1) is 0 Å². The van der Waals surface area contributed by atoms with Crippen LogP contribution in [0.15, 0.2) is 54.6 Å². The number of phenolic OH excluding ortho intramolecular Hbond substituents is 1. The molecule has 0 aromatic heterocycles. The Bertz CT molecular complexity index is 1250. The van der Waals surface area contributed by atoms with Crippen LogP contribution in [-0.4, -0.2) is 31.1 Å². The Kier molecular flexibility index (Phi) is 4.85. The number of methoxy groups -OCH3 is 2. The molecule has 1 heterocycles. The molecule has 1 aliphatic heterocycles. The van der Waals surface area contributed by atoms with Crippen molar-refractivity contribution in [1.82, 2.24) is 0 Å². The number of imide groups is 1. The van der Waals surface area contributed by atoms with Gasteiger partial charge in [0.25, 0.3) is 11.8 Å². The van der Waals surface area contributed by atoms with Gasteiger partial charge in [0.15, 0.2) is 0 Å². The number of carbonyl (C=O) groups is 2. The highest BCUT2D eigenvalue weighted by atomic mass is 16.5. The lowest BCUT2D eigenvalue weighted by Crippen LogP contribution is -2.31. The number of amides is 2. The number of aromatic hydroxyl groups is 1. The molecule has 0 saturated heterocycles. The van der Waals surface area contributed by atoms with Crippen molar-refractivity contribution in [2.24, 2.45) is 0 Å².